The summed E-state index contributed by atoms with van der Waals surface area (Å²) in [6.45, 7) is 3.77. The highest BCUT2D eigenvalue weighted by atomic mass is 16.2. The molecular formula is C22H24N4O2. The standard InChI is InChI=1S/C22H24N4O2/c27-20(17-6-2-1-3-7-17)10-11-22(28)26-14-12-25(13-15-26)16-21-23-18-8-4-5-9-19(18)24-21/h1-9H,10-16H2,(H,23,24). The largest absolute Gasteiger partial charge is 0.341 e. The van der Waals surface area contributed by atoms with Gasteiger partial charge >= 0.3 is 0 Å². The van der Waals surface area contributed by atoms with Crippen molar-refractivity contribution >= 4 is 22.7 Å². The van der Waals surface area contributed by atoms with Gasteiger partial charge in [-0.3, -0.25) is 14.5 Å². The molecule has 1 aliphatic heterocycles. The molecule has 3 aromatic rings. The summed E-state index contributed by atoms with van der Waals surface area (Å²) in [5, 5.41) is 0. The minimum atomic E-state index is 0.0254. The molecule has 28 heavy (non-hydrogen) atoms. The highest BCUT2D eigenvalue weighted by Crippen LogP contribution is 2.14. The Hall–Kier alpha value is -2.99. The van der Waals surface area contributed by atoms with Gasteiger partial charge in [-0.25, -0.2) is 4.98 Å². The zero-order chi connectivity index (χ0) is 19.3. The van der Waals surface area contributed by atoms with Gasteiger partial charge in [0, 0.05) is 44.6 Å². The number of aromatic amines is 1. The van der Waals surface area contributed by atoms with E-state index in [0.29, 0.717) is 18.7 Å². The molecular weight excluding hydrogens is 352 g/mol. The lowest BCUT2D eigenvalue weighted by molar-refractivity contribution is -0.133. The van der Waals surface area contributed by atoms with Gasteiger partial charge in [0.05, 0.1) is 17.6 Å². The van der Waals surface area contributed by atoms with E-state index in [-0.39, 0.29) is 24.5 Å². The van der Waals surface area contributed by atoms with Gasteiger partial charge in [-0.2, -0.15) is 0 Å². The fraction of sp³-hybridized carbons (Fsp3) is 0.318. The maximum absolute atomic E-state index is 12.5. The topological polar surface area (TPSA) is 69.3 Å². The number of amides is 1. The van der Waals surface area contributed by atoms with Crippen LogP contribution in [0.15, 0.2) is 54.6 Å². The second-order valence-electron chi connectivity index (χ2n) is 7.15. The third-order valence-corrected chi connectivity index (χ3v) is 5.20. The maximum atomic E-state index is 12.5. The lowest BCUT2D eigenvalue weighted by atomic mass is 10.1. The molecule has 0 saturated carbocycles. The average molecular weight is 376 g/mol. The molecule has 1 saturated heterocycles. The first-order chi connectivity index (χ1) is 13.7. The van der Waals surface area contributed by atoms with E-state index in [1.54, 1.807) is 12.1 Å². The Morgan fingerprint density at radius 2 is 1.61 bits per heavy atom. The van der Waals surface area contributed by atoms with Crippen molar-refractivity contribution in [3.8, 4) is 0 Å². The number of para-hydroxylation sites is 2. The third-order valence-electron chi connectivity index (χ3n) is 5.20. The molecule has 1 aromatic heterocycles. The number of benzene rings is 2. The molecule has 144 valence electrons. The van der Waals surface area contributed by atoms with Gasteiger partial charge in [0.15, 0.2) is 5.78 Å². The van der Waals surface area contributed by atoms with Crippen LogP contribution in [-0.4, -0.2) is 57.6 Å². The van der Waals surface area contributed by atoms with Crippen LogP contribution in [0.25, 0.3) is 11.0 Å². The third kappa shape index (κ3) is 4.28. The number of fused-ring (bicyclic) bond motifs is 1. The Labute approximate surface area is 164 Å². The highest BCUT2D eigenvalue weighted by molar-refractivity contribution is 5.97. The van der Waals surface area contributed by atoms with E-state index in [2.05, 4.69) is 14.9 Å². The normalized spacial score (nSPS) is 15.1. The van der Waals surface area contributed by atoms with Crippen LogP contribution in [0.4, 0.5) is 0 Å². The van der Waals surface area contributed by atoms with E-state index in [4.69, 9.17) is 0 Å². The van der Waals surface area contributed by atoms with Crippen LogP contribution in [0, 0.1) is 0 Å². The maximum Gasteiger partial charge on any atom is 0.223 e. The second-order valence-corrected chi connectivity index (χ2v) is 7.15. The quantitative estimate of drug-likeness (QED) is 0.672. The van der Waals surface area contributed by atoms with Crippen LogP contribution >= 0.6 is 0 Å². The summed E-state index contributed by atoms with van der Waals surface area (Å²) >= 11 is 0. The van der Waals surface area contributed by atoms with E-state index in [9.17, 15) is 9.59 Å². The van der Waals surface area contributed by atoms with Gasteiger partial charge in [0.1, 0.15) is 5.82 Å². The van der Waals surface area contributed by atoms with Gasteiger partial charge in [-0.1, -0.05) is 42.5 Å². The summed E-state index contributed by atoms with van der Waals surface area (Å²) in [6, 6.07) is 17.2. The highest BCUT2D eigenvalue weighted by Gasteiger charge is 2.22. The van der Waals surface area contributed by atoms with Crippen LogP contribution in [0.3, 0.4) is 0 Å². The summed E-state index contributed by atoms with van der Waals surface area (Å²) in [5.41, 5.74) is 2.70. The number of hydrogen-bond acceptors (Lipinski definition) is 4. The predicted molar refractivity (Wildman–Crippen MR) is 108 cm³/mol. The zero-order valence-corrected chi connectivity index (χ0v) is 15.8. The number of carbonyl (C=O) groups is 2. The van der Waals surface area contributed by atoms with Gasteiger partial charge in [0.25, 0.3) is 0 Å². The number of nitrogens with zero attached hydrogens (tertiary/aromatic N) is 3. The molecule has 2 aromatic carbocycles. The van der Waals surface area contributed by atoms with Gasteiger partial charge in [-0.05, 0) is 12.1 Å². The van der Waals surface area contributed by atoms with Crippen LogP contribution in [0.5, 0.6) is 0 Å². The first kappa shape index (κ1) is 18.4. The molecule has 0 bridgehead atoms. The van der Waals surface area contributed by atoms with E-state index >= 15 is 0 Å². The molecule has 0 unspecified atom stereocenters. The van der Waals surface area contributed by atoms with Crippen LogP contribution in [0.1, 0.15) is 29.0 Å². The molecule has 1 aliphatic rings. The number of Topliss-reactive ketones (excluding diaryl/α,β-unsaturated/α-hetero) is 1. The van der Waals surface area contributed by atoms with E-state index in [1.165, 1.54) is 0 Å². The van der Waals surface area contributed by atoms with Crippen molar-refractivity contribution in [1.29, 1.82) is 0 Å². The second kappa shape index (κ2) is 8.35. The molecule has 6 nitrogen and oxygen atoms in total. The number of nitrogens with one attached hydrogen (secondary N) is 1. The number of aromatic nitrogens is 2. The summed E-state index contributed by atoms with van der Waals surface area (Å²) in [5.74, 6) is 1.04. The molecule has 1 N–H and O–H groups in total. The van der Waals surface area contributed by atoms with Crippen molar-refractivity contribution in [2.75, 3.05) is 26.2 Å². The van der Waals surface area contributed by atoms with E-state index in [0.717, 1.165) is 36.5 Å². The van der Waals surface area contributed by atoms with Gasteiger partial charge < -0.3 is 9.88 Å². The molecule has 6 heteroatoms. The number of imidazole rings is 1. The summed E-state index contributed by atoms with van der Waals surface area (Å²) < 4.78 is 0. The molecule has 0 spiro atoms. The first-order valence-electron chi connectivity index (χ1n) is 9.71. The van der Waals surface area contributed by atoms with Gasteiger partial charge in [0.2, 0.25) is 5.91 Å². The van der Waals surface area contributed by atoms with Crippen LogP contribution < -0.4 is 0 Å². The SMILES string of the molecule is O=C(CCC(=O)N1CCN(Cc2nc3ccccc3[nH]2)CC1)c1ccccc1. The number of piperazine rings is 1. The Kier molecular flexibility index (Phi) is 5.48. The molecule has 0 atom stereocenters. The molecule has 0 aliphatic carbocycles. The molecule has 1 amide bonds. The monoisotopic (exact) mass is 376 g/mol. The van der Waals surface area contributed by atoms with Crippen molar-refractivity contribution in [2.45, 2.75) is 19.4 Å². The van der Waals surface area contributed by atoms with Gasteiger partial charge in [-0.15, -0.1) is 0 Å². The Balaban J connectivity index is 1.24. The van der Waals surface area contributed by atoms with Crippen molar-refractivity contribution in [3.63, 3.8) is 0 Å². The molecule has 4 rings (SSSR count). The number of carbonyl (C=O) groups excluding carboxylic acids is 2. The predicted octanol–water partition coefficient (Wildman–Crippen LogP) is 2.87. The minimum Gasteiger partial charge on any atom is -0.341 e. The van der Waals surface area contributed by atoms with Crippen molar-refractivity contribution in [3.05, 3.63) is 66.0 Å². The van der Waals surface area contributed by atoms with E-state index in [1.807, 2.05) is 47.4 Å². The summed E-state index contributed by atoms with van der Waals surface area (Å²) in [6.07, 6.45) is 0.541. The lowest BCUT2D eigenvalue weighted by Gasteiger charge is -2.34. The van der Waals surface area contributed by atoms with Crippen LogP contribution in [0.2, 0.25) is 0 Å². The molecule has 0 radical (unpaired) electrons. The Morgan fingerprint density at radius 3 is 2.36 bits per heavy atom. The number of H-pyrrole nitrogens is 1. The Morgan fingerprint density at radius 1 is 0.893 bits per heavy atom. The molecule has 1 fully saturated rings. The zero-order valence-electron chi connectivity index (χ0n) is 15.8. The molecule has 2 heterocycles. The van der Waals surface area contributed by atoms with Crippen molar-refractivity contribution in [2.24, 2.45) is 0 Å². The average Bonchev–Trinajstić information content (AvgIpc) is 3.15. The summed E-state index contributed by atoms with van der Waals surface area (Å²) in [7, 11) is 0. The van der Waals surface area contributed by atoms with Crippen molar-refractivity contribution in [1.82, 2.24) is 19.8 Å². The minimum absolute atomic E-state index is 0.0254. The first-order valence-corrected chi connectivity index (χ1v) is 9.71. The van der Waals surface area contributed by atoms with E-state index < -0.39 is 0 Å². The number of hydrogen-bond donors (Lipinski definition) is 1. The fourth-order valence-electron chi connectivity index (χ4n) is 3.59. The number of rotatable bonds is 6. The fourth-order valence-corrected chi connectivity index (χ4v) is 3.59. The summed E-state index contributed by atoms with van der Waals surface area (Å²) in [4.78, 5) is 36.8. The van der Waals surface area contributed by atoms with Crippen molar-refractivity contribution < 1.29 is 9.59 Å². The Bertz CT molecular complexity index is 926. The van der Waals surface area contributed by atoms with Crippen LogP contribution in [-0.2, 0) is 11.3 Å². The lowest BCUT2D eigenvalue weighted by Crippen LogP contribution is -2.48. The smallest absolute Gasteiger partial charge is 0.223 e. The number of ketones is 1.